The highest BCUT2D eigenvalue weighted by Crippen LogP contribution is 2.35. The molecular formula is C28H28F3N7O2. The maximum atomic E-state index is 13.0. The van der Waals surface area contributed by atoms with E-state index in [9.17, 15) is 22.8 Å². The summed E-state index contributed by atoms with van der Waals surface area (Å²) in [5.74, 6) is 0.844. The second kappa shape index (κ2) is 10.9. The van der Waals surface area contributed by atoms with Crippen LogP contribution < -0.4 is 10.6 Å². The maximum absolute atomic E-state index is 13.0. The Morgan fingerprint density at radius 2 is 1.88 bits per heavy atom. The van der Waals surface area contributed by atoms with Crippen LogP contribution in [0.1, 0.15) is 53.8 Å². The SMILES string of the molecule is CCC(=O)N1CCCC(c2nc(-c3ccc(C(=O)Nc4cc(C(F)(F)F)ccn4)cc3)c3c(NC)nccn23)C1. The molecule has 1 saturated heterocycles. The van der Waals surface area contributed by atoms with Crippen LogP contribution in [0.15, 0.2) is 55.0 Å². The topological polar surface area (TPSA) is 105 Å². The van der Waals surface area contributed by atoms with Crippen molar-refractivity contribution in [1.29, 1.82) is 0 Å². The van der Waals surface area contributed by atoms with Crippen molar-refractivity contribution in [2.24, 2.45) is 0 Å². The third-order valence-corrected chi connectivity index (χ3v) is 7.01. The highest BCUT2D eigenvalue weighted by atomic mass is 19.4. The third kappa shape index (κ3) is 5.33. The molecule has 0 saturated carbocycles. The number of carbonyl (C=O) groups is 2. The van der Waals surface area contributed by atoms with Crippen LogP contribution in [-0.4, -0.2) is 56.2 Å². The number of hydrogen-bond acceptors (Lipinski definition) is 6. The Morgan fingerprint density at radius 1 is 1.10 bits per heavy atom. The number of halogens is 3. The second-order valence-electron chi connectivity index (χ2n) is 9.55. The third-order valence-electron chi connectivity index (χ3n) is 7.01. The predicted molar refractivity (Wildman–Crippen MR) is 144 cm³/mol. The molecule has 0 aliphatic carbocycles. The lowest BCUT2D eigenvalue weighted by atomic mass is 9.97. The number of hydrogen-bond donors (Lipinski definition) is 2. The van der Waals surface area contributed by atoms with Gasteiger partial charge in [0.25, 0.3) is 5.91 Å². The van der Waals surface area contributed by atoms with Crippen molar-refractivity contribution in [2.45, 2.75) is 38.3 Å². The molecule has 2 amide bonds. The molecule has 2 N–H and O–H groups in total. The highest BCUT2D eigenvalue weighted by Gasteiger charge is 2.31. The van der Waals surface area contributed by atoms with E-state index in [1.165, 1.54) is 0 Å². The Kier molecular flexibility index (Phi) is 7.42. The van der Waals surface area contributed by atoms with Crippen molar-refractivity contribution < 1.29 is 22.8 Å². The fourth-order valence-corrected chi connectivity index (χ4v) is 5.02. The average Bonchev–Trinajstić information content (AvgIpc) is 3.36. The van der Waals surface area contributed by atoms with Crippen LogP contribution in [0.2, 0.25) is 0 Å². The Hall–Kier alpha value is -4.48. The van der Waals surface area contributed by atoms with Gasteiger partial charge in [-0.2, -0.15) is 13.2 Å². The van der Waals surface area contributed by atoms with E-state index < -0.39 is 17.6 Å². The molecule has 1 fully saturated rings. The predicted octanol–water partition coefficient (Wildman–Crippen LogP) is 5.22. The second-order valence-corrected chi connectivity index (χ2v) is 9.55. The molecule has 1 aromatic carbocycles. The number of aromatic nitrogens is 4. The number of alkyl halides is 3. The zero-order chi connectivity index (χ0) is 28.4. The molecule has 1 unspecified atom stereocenters. The molecule has 3 aromatic heterocycles. The first-order valence-corrected chi connectivity index (χ1v) is 13.0. The summed E-state index contributed by atoms with van der Waals surface area (Å²) in [6, 6.07) is 8.27. The molecule has 208 valence electrons. The molecule has 40 heavy (non-hydrogen) atoms. The molecule has 0 radical (unpaired) electrons. The van der Waals surface area contributed by atoms with E-state index in [1.54, 1.807) is 37.5 Å². The van der Waals surface area contributed by atoms with Gasteiger partial charge in [0.1, 0.15) is 22.9 Å². The summed E-state index contributed by atoms with van der Waals surface area (Å²) in [5, 5.41) is 5.54. The van der Waals surface area contributed by atoms with E-state index in [0.29, 0.717) is 24.5 Å². The minimum absolute atomic E-state index is 0.0441. The molecule has 1 aliphatic heterocycles. The first-order valence-electron chi connectivity index (χ1n) is 13.0. The number of piperidine rings is 1. The van der Waals surface area contributed by atoms with E-state index in [2.05, 4.69) is 20.6 Å². The number of carbonyl (C=O) groups excluding carboxylic acids is 2. The summed E-state index contributed by atoms with van der Waals surface area (Å²) in [6.45, 7) is 3.19. The summed E-state index contributed by atoms with van der Waals surface area (Å²) in [7, 11) is 1.77. The maximum Gasteiger partial charge on any atom is 0.416 e. The molecule has 0 bridgehead atoms. The Balaban J connectivity index is 1.45. The van der Waals surface area contributed by atoms with Gasteiger partial charge in [0.2, 0.25) is 5.91 Å². The van der Waals surface area contributed by atoms with Crippen molar-refractivity contribution in [1.82, 2.24) is 24.3 Å². The summed E-state index contributed by atoms with van der Waals surface area (Å²) < 4.78 is 41.0. The Morgan fingerprint density at radius 3 is 2.58 bits per heavy atom. The van der Waals surface area contributed by atoms with E-state index in [0.717, 1.165) is 54.6 Å². The number of nitrogens with one attached hydrogen (secondary N) is 2. The van der Waals surface area contributed by atoms with Gasteiger partial charge in [0.05, 0.1) is 5.56 Å². The lowest BCUT2D eigenvalue weighted by Gasteiger charge is -2.32. The zero-order valence-electron chi connectivity index (χ0n) is 22.0. The molecular weight excluding hydrogens is 523 g/mol. The molecule has 1 aliphatic rings. The number of fused-ring (bicyclic) bond motifs is 1. The fourth-order valence-electron chi connectivity index (χ4n) is 5.02. The number of anilines is 2. The van der Waals surface area contributed by atoms with Crippen LogP contribution in [0.25, 0.3) is 16.8 Å². The number of likely N-dealkylation sites (tertiary alicyclic amines) is 1. The van der Waals surface area contributed by atoms with Crippen molar-refractivity contribution in [3.05, 3.63) is 71.9 Å². The zero-order valence-corrected chi connectivity index (χ0v) is 22.0. The first-order chi connectivity index (χ1) is 19.2. The highest BCUT2D eigenvalue weighted by molar-refractivity contribution is 6.04. The lowest BCUT2D eigenvalue weighted by molar-refractivity contribution is -0.137. The van der Waals surface area contributed by atoms with Crippen molar-refractivity contribution in [2.75, 3.05) is 30.8 Å². The van der Waals surface area contributed by atoms with Crippen LogP contribution in [0.5, 0.6) is 0 Å². The summed E-state index contributed by atoms with van der Waals surface area (Å²) in [5.41, 5.74) is 1.52. The van der Waals surface area contributed by atoms with Gasteiger partial charge in [-0.1, -0.05) is 19.1 Å². The van der Waals surface area contributed by atoms with E-state index >= 15 is 0 Å². The molecule has 4 heterocycles. The van der Waals surface area contributed by atoms with Gasteiger partial charge >= 0.3 is 6.18 Å². The van der Waals surface area contributed by atoms with Gasteiger partial charge in [0, 0.05) is 62.2 Å². The van der Waals surface area contributed by atoms with E-state index in [-0.39, 0.29) is 23.2 Å². The largest absolute Gasteiger partial charge is 0.416 e. The first kappa shape index (κ1) is 27.1. The van der Waals surface area contributed by atoms with Crippen LogP contribution in [0.4, 0.5) is 24.8 Å². The van der Waals surface area contributed by atoms with E-state index in [4.69, 9.17) is 4.98 Å². The lowest BCUT2D eigenvalue weighted by Crippen LogP contribution is -2.39. The van der Waals surface area contributed by atoms with Gasteiger partial charge < -0.3 is 15.5 Å². The fraction of sp³-hybridized carbons (Fsp3) is 0.321. The molecule has 4 aromatic rings. The smallest absolute Gasteiger partial charge is 0.371 e. The summed E-state index contributed by atoms with van der Waals surface area (Å²) >= 11 is 0. The number of benzene rings is 1. The summed E-state index contributed by atoms with van der Waals surface area (Å²) in [6.07, 6.45) is 2.24. The molecule has 9 nitrogen and oxygen atoms in total. The Labute approximate surface area is 228 Å². The molecule has 1 atom stereocenters. The number of amides is 2. The van der Waals surface area contributed by atoms with Gasteiger partial charge in [-0.3, -0.25) is 14.0 Å². The quantitative estimate of drug-likeness (QED) is 0.341. The normalized spacial score (nSPS) is 15.7. The standard InChI is InChI=1S/C28H28F3N7O2/c1-3-22(39)37-13-4-5-19(16-37)26-36-23(24-25(32-2)34-12-14-38(24)26)17-6-8-18(9-7-17)27(40)35-21-15-20(10-11-33-21)28(29,30)31/h6-12,14-15,19H,3-5,13,16H2,1-2H3,(H,32,34)(H,33,35,40). The average molecular weight is 552 g/mol. The van der Waals surface area contributed by atoms with E-state index in [1.807, 2.05) is 22.4 Å². The summed E-state index contributed by atoms with van der Waals surface area (Å²) in [4.78, 5) is 40.3. The molecule has 5 rings (SSSR count). The minimum Gasteiger partial charge on any atom is -0.371 e. The minimum atomic E-state index is -4.54. The number of nitrogens with zero attached hydrogens (tertiary/aromatic N) is 5. The monoisotopic (exact) mass is 551 g/mol. The van der Waals surface area contributed by atoms with Crippen molar-refractivity contribution in [3.63, 3.8) is 0 Å². The van der Waals surface area contributed by atoms with Gasteiger partial charge in [-0.05, 0) is 37.1 Å². The van der Waals surface area contributed by atoms with Gasteiger partial charge in [-0.15, -0.1) is 0 Å². The molecule has 12 heteroatoms. The van der Waals surface area contributed by atoms with Gasteiger partial charge in [0.15, 0.2) is 5.82 Å². The van der Waals surface area contributed by atoms with Crippen molar-refractivity contribution in [3.8, 4) is 11.3 Å². The molecule has 0 spiro atoms. The van der Waals surface area contributed by atoms with Crippen LogP contribution in [-0.2, 0) is 11.0 Å². The number of pyridine rings is 1. The Bertz CT molecular complexity index is 1550. The van der Waals surface area contributed by atoms with Crippen molar-refractivity contribution >= 4 is 29.0 Å². The van der Waals surface area contributed by atoms with Crippen LogP contribution in [0.3, 0.4) is 0 Å². The number of rotatable bonds is 6. The number of imidazole rings is 1. The van der Waals surface area contributed by atoms with Crippen LogP contribution in [0, 0.1) is 0 Å². The van der Waals surface area contributed by atoms with Crippen LogP contribution >= 0.6 is 0 Å². The van der Waals surface area contributed by atoms with Gasteiger partial charge in [-0.25, -0.2) is 15.0 Å².